The molecular formula is C27H28ClNO6. The van der Waals surface area contributed by atoms with E-state index in [9.17, 15) is 14.7 Å². The summed E-state index contributed by atoms with van der Waals surface area (Å²) in [5.74, 6) is 0.459. The van der Waals surface area contributed by atoms with Crippen LogP contribution in [0.25, 0.3) is 0 Å². The summed E-state index contributed by atoms with van der Waals surface area (Å²) < 4.78 is 16.7. The fourth-order valence-electron chi connectivity index (χ4n) is 5.35. The van der Waals surface area contributed by atoms with Gasteiger partial charge in [-0.1, -0.05) is 18.2 Å². The van der Waals surface area contributed by atoms with Gasteiger partial charge in [-0.25, -0.2) is 0 Å². The molecule has 1 aliphatic carbocycles. The first-order valence-electron chi connectivity index (χ1n) is 11.8. The van der Waals surface area contributed by atoms with Crippen molar-refractivity contribution in [3.05, 3.63) is 64.9 Å². The number of hydrogen-bond acceptors (Lipinski definition) is 6. The number of phenols is 1. The Bertz CT molecular complexity index is 1180. The molecule has 184 valence electrons. The van der Waals surface area contributed by atoms with Crippen molar-refractivity contribution in [1.29, 1.82) is 0 Å². The maximum absolute atomic E-state index is 13.8. The first-order valence-corrected chi connectivity index (χ1v) is 12.2. The number of Topliss-reactive ketones (excluding diaryl/α,β-unsaturated/α-hetero) is 1. The molecule has 0 aromatic heterocycles. The average Bonchev–Trinajstić information content (AvgIpc) is 3.15. The zero-order valence-electron chi connectivity index (χ0n) is 19.7. The number of amides is 1. The van der Waals surface area contributed by atoms with Crippen molar-refractivity contribution < 1.29 is 28.9 Å². The molecule has 1 saturated carbocycles. The van der Waals surface area contributed by atoms with Gasteiger partial charge >= 0.3 is 0 Å². The Morgan fingerprint density at radius 1 is 1.09 bits per heavy atom. The van der Waals surface area contributed by atoms with E-state index in [1.807, 2.05) is 24.3 Å². The van der Waals surface area contributed by atoms with Crippen LogP contribution in [0.4, 0.5) is 0 Å². The number of hydrogen-bond donors (Lipinski definition) is 1. The van der Waals surface area contributed by atoms with Crippen LogP contribution in [-0.4, -0.2) is 53.9 Å². The number of ketones is 1. The van der Waals surface area contributed by atoms with Crippen LogP contribution in [0.15, 0.2) is 53.8 Å². The minimum absolute atomic E-state index is 0.0110. The van der Waals surface area contributed by atoms with E-state index in [0.717, 1.165) is 17.7 Å². The number of phenolic OH excluding ortho intramolecular Hbond substituents is 1. The first kappa shape index (κ1) is 23.5. The molecule has 0 spiro atoms. The van der Waals surface area contributed by atoms with Gasteiger partial charge in [0.2, 0.25) is 0 Å². The topological polar surface area (TPSA) is 85.3 Å². The highest BCUT2D eigenvalue weighted by molar-refractivity contribution is 6.21. The van der Waals surface area contributed by atoms with Gasteiger partial charge in [0, 0.05) is 11.9 Å². The quantitative estimate of drug-likeness (QED) is 0.603. The molecule has 4 atom stereocenters. The van der Waals surface area contributed by atoms with Crippen LogP contribution in [0.3, 0.4) is 0 Å². The molecule has 0 saturated heterocycles. The molecule has 2 aromatic carbocycles. The number of halogens is 1. The lowest BCUT2D eigenvalue weighted by Crippen LogP contribution is -2.41. The van der Waals surface area contributed by atoms with Crippen molar-refractivity contribution >= 4 is 23.3 Å². The van der Waals surface area contributed by atoms with Crippen LogP contribution in [0.1, 0.15) is 36.4 Å². The maximum atomic E-state index is 13.8. The van der Waals surface area contributed by atoms with Crippen molar-refractivity contribution in [3.8, 4) is 17.2 Å². The van der Waals surface area contributed by atoms with E-state index in [1.54, 1.807) is 24.1 Å². The van der Waals surface area contributed by atoms with Crippen molar-refractivity contribution in [1.82, 2.24) is 4.90 Å². The smallest absolute Gasteiger partial charge is 0.290 e. The van der Waals surface area contributed by atoms with Gasteiger partial charge in [0.1, 0.15) is 11.9 Å². The molecule has 2 aromatic rings. The number of carbonyl (C=O) groups excluding carboxylic acids is 2. The van der Waals surface area contributed by atoms with E-state index in [2.05, 4.69) is 0 Å². The molecule has 5 rings (SSSR count). The minimum atomic E-state index is -0.630. The number of fused-ring (bicyclic) bond motifs is 1. The van der Waals surface area contributed by atoms with Gasteiger partial charge in [0.15, 0.2) is 23.0 Å². The van der Waals surface area contributed by atoms with Crippen molar-refractivity contribution in [3.63, 3.8) is 0 Å². The molecule has 2 aliphatic heterocycles. The Morgan fingerprint density at radius 3 is 2.57 bits per heavy atom. The van der Waals surface area contributed by atoms with Crippen LogP contribution in [0, 0.1) is 5.92 Å². The zero-order valence-corrected chi connectivity index (χ0v) is 20.5. The lowest BCUT2D eigenvalue weighted by molar-refractivity contribution is -0.135. The second kappa shape index (κ2) is 9.46. The third kappa shape index (κ3) is 4.22. The molecule has 3 aliphatic rings. The van der Waals surface area contributed by atoms with Gasteiger partial charge in [-0.15, -0.1) is 11.6 Å². The Morgan fingerprint density at radius 2 is 1.86 bits per heavy atom. The third-order valence-electron chi connectivity index (χ3n) is 7.20. The monoisotopic (exact) mass is 497 g/mol. The normalized spacial score (nSPS) is 25.7. The van der Waals surface area contributed by atoms with E-state index in [-0.39, 0.29) is 46.3 Å². The Labute approximate surface area is 209 Å². The van der Waals surface area contributed by atoms with Crippen LogP contribution < -0.4 is 9.47 Å². The van der Waals surface area contributed by atoms with Crippen molar-refractivity contribution in [2.24, 2.45) is 5.92 Å². The number of rotatable bonds is 6. The molecule has 1 amide bonds. The van der Waals surface area contributed by atoms with E-state index < -0.39 is 6.04 Å². The molecule has 1 fully saturated rings. The van der Waals surface area contributed by atoms with Crippen LogP contribution >= 0.6 is 11.6 Å². The van der Waals surface area contributed by atoms with E-state index in [0.29, 0.717) is 36.9 Å². The predicted octanol–water partition coefficient (Wildman–Crippen LogP) is 4.16. The zero-order chi connectivity index (χ0) is 24.7. The van der Waals surface area contributed by atoms with E-state index in [4.69, 9.17) is 25.8 Å². The van der Waals surface area contributed by atoms with Crippen LogP contribution in [-0.2, 0) is 20.7 Å². The number of carbonyl (C=O) groups is 2. The summed E-state index contributed by atoms with van der Waals surface area (Å²) in [4.78, 5) is 29.1. The Kier molecular flexibility index (Phi) is 6.36. The van der Waals surface area contributed by atoms with Crippen LogP contribution in [0.5, 0.6) is 17.2 Å². The summed E-state index contributed by atoms with van der Waals surface area (Å²) in [6.07, 6.45) is 2.21. The minimum Gasteiger partial charge on any atom is -0.504 e. The van der Waals surface area contributed by atoms with Gasteiger partial charge < -0.3 is 24.2 Å². The van der Waals surface area contributed by atoms with Gasteiger partial charge in [0.25, 0.3) is 5.91 Å². The number of benzene rings is 2. The van der Waals surface area contributed by atoms with Gasteiger partial charge in [-0.05, 0) is 61.1 Å². The highest BCUT2D eigenvalue weighted by Crippen LogP contribution is 2.48. The summed E-state index contributed by atoms with van der Waals surface area (Å²) in [5.41, 5.74) is 2.10. The summed E-state index contributed by atoms with van der Waals surface area (Å²) in [6, 6.07) is 12.0. The van der Waals surface area contributed by atoms with Gasteiger partial charge in [-0.2, -0.15) is 0 Å². The van der Waals surface area contributed by atoms with E-state index >= 15 is 0 Å². The number of nitrogens with zero attached hydrogens (tertiary/aromatic N) is 1. The second-order valence-electron chi connectivity index (χ2n) is 9.21. The highest BCUT2D eigenvalue weighted by atomic mass is 35.5. The number of aromatic hydroxyl groups is 1. The van der Waals surface area contributed by atoms with Crippen molar-refractivity contribution in [2.45, 2.75) is 43.2 Å². The fourth-order valence-corrected chi connectivity index (χ4v) is 5.66. The second-order valence-corrected chi connectivity index (χ2v) is 9.83. The van der Waals surface area contributed by atoms with E-state index in [1.165, 1.54) is 13.2 Å². The molecule has 8 heteroatoms. The molecule has 4 unspecified atom stereocenters. The molecular weight excluding hydrogens is 470 g/mol. The summed E-state index contributed by atoms with van der Waals surface area (Å²) in [5, 5.41) is 10.0. The standard InChI is InChI=1S/C27H28ClNO6/c1-33-18-7-3-15(4-8-18)11-12-29-24(16-5-9-20(30)22(13-16)34-2)23-25(31)19-14-17(28)6-10-21(19)35-26(23)27(29)32/h3-5,7-9,13,17,19,21,24,30H,6,10-12,14H2,1-2H3. The fraction of sp³-hybridized carbons (Fsp3) is 0.407. The molecule has 0 bridgehead atoms. The molecule has 0 radical (unpaired) electrons. The molecule has 7 nitrogen and oxygen atoms in total. The predicted molar refractivity (Wildman–Crippen MR) is 130 cm³/mol. The van der Waals surface area contributed by atoms with Gasteiger partial charge in [0.05, 0.1) is 31.8 Å². The lowest BCUT2D eigenvalue weighted by atomic mass is 9.77. The summed E-state index contributed by atoms with van der Waals surface area (Å²) in [7, 11) is 3.08. The van der Waals surface area contributed by atoms with Gasteiger partial charge in [-0.3, -0.25) is 9.59 Å². The number of methoxy groups -OCH3 is 2. The highest BCUT2D eigenvalue weighted by Gasteiger charge is 2.52. The lowest BCUT2D eigenvalue weighted by Gasteiger charge is -2.37. The number of alkyl halides is 1. The van der Waals surface area contributed by atoms with Crippen LogP contribution in [0.2, 0.25) is 0 Å². The Hall–Kier alpha value is -3.19. The molecule has 35 heavy (non-hydrogen) atoms. The SMILES string of the molecule is COc1ccc(CCN2C(=O)C3=C(C(=O)C4CC(Cl)CCC4O3)C2c2ccc(O)c(OC)c2)cc1. The number of ether oxygens (including phenoxy) is 3. The maximum Gasteiger partial charge on any atom is 0.290 e. The van der Waals surface area contributed by atoms with Crippen molar-refractivity contribution in [2.75, 3.05) is 20.8 Å². The summed E-state index contributed by atoms with van der Waals surface area (Å²) in [6.45, 7) is 0.385. The first-order chi connectivity index (χ1) is 16.9. The third-order valence-corrected chi connectivity index (χ3v) is 7.60. The Balaban J connectivity index is 1.51. The largest absolute Gasteiger partial charge is 0.504 e. The average molecular weight is 498 g/mol. The summed E-state index contributed by atoms with van der Waals surface area (Å²) >= 11 is 6.40. The molecule has 1 N–H and O–H groups in total. The molecule has 2 heterocycles.